The number of hydrogen-bond acceptors (Lipinski definition) is 3. The van der Waals surface area contributed by atoms with Crippen LogP contribution in [0.25, 0.3) is 0 Å². The number of rotatable bonds is 6. The number of nitrogens with zero attached hydrogens (tertiary/aromatic N) is 1. The summed E-state index contributed by atoms with van der Waals surface area (Å²) in [5.74, 6) is -0.930. The topological polar surface area (TPSA) is 62.2 Å². The van der Waals surface area contributed by atoms with Gasteiger partial charge in [0.25, 0.3) is 5.91 Å². The standard InChI is InChI=1S/C16H17FN2O2/c17-15-9-8-13(11-18-15)16(21)19-14(7-4-10-20)12-5-2-1-3-6-12/h1-3,5-6,8-9,11,14,20H,4,7,10H2,(H,19,21). The highest BCUT2D eigenvalue weighted by Crippen LogP contribution is 2.18. The molecule has 110 valence electrons. The van der Waals surface area contributed by atoms with Crippen LogP contribution < -0.4 is 5.32 Å². The summed E-state index contributed by atoms with van der Waals surface area (Å²) in [5.41, 5.74) is 1.27. The minimum atomic E-state index is -0.619. The molecule has 0 saturated heterocycles. The van der Waals surface area contributed by atoms with Crippen LogP contribution >= 0.6 is 0 Å². The van der Waals surface area contributed by atoms with Crippen LogP contribution in [0.1, 0.15) is 34.8 Å². The van der Waals surface area contributed by atoms with Gasteiger partial charge in [-0.25, -0.2) is 4.98 Å². The molecule has 5 heteroatoms. The summed E-state index contributed by atoms with van der Waals surface area (Å²) < 4.78 is 12.8. The van der Waals surface area contributed by atoms with Crippen LogP contribution in [0.15, 0.2) is 48.7 Å². The summed E-state index contributed by atoms with van der Waals surface area (Å²) in [6, 6.07) is 11.9. The van der Waals surface area contributed by atoms with Crippen molar-refractivity contribution in [2.24, 2.45) is 0 Å². The van der Waals surface area contributed by atoms with Gasteiger partial charge in [-0.05, 0) is 30.5 Å². The first-order valence-corrected chi connectivity index (χ1v) is 6.79. The van der Waals surface area contributed by atoms with E-state index in [-0.39, 0.29) is 18.6 Å². The third-order valence-electron chi connectivity index (χ3n) is 3.15. The molecule has 2 aromatic rings. The molecule has 0 saturated carbocycles. The zero-order valence-electron chi connectivity index (χ0n) is 11.5. The van der Waals surface area contributed by atoms with E-state index in [1.54, 1.807) is 0 Å². The van der Waals surface area contributed by atoms with Gasteiger partial charge in [-0.2, -0.15) is 4.39 Å². The number of pyridine rings is 1. The number of amides is 1. The van der Waals surface area contributed by atoms with E-state index < -0.39 is 5.95 Å². The number of aliphatic hydroxyl groups excluding tert-OH is 1. The molecule has 21 heavy (non-hydrogen) atoms. The minimum Gasteiger partial charge on any atom is -0.396 e. The van der Waals surface area contributed by atoms with E-state index in [1.165, 1.54) is 12.3 Å². The Hall–Kier alpha value is -2.27. The Morgan fingerprint density at radius 1 is 1.24 bits per heavy atom. The number of carbonyl (C=O) groups is 1. The first kappa shape index (κ1) is 15.1. The second-order valence-corrected chi connectivity index (χ2v) is 4.67. The van der Waals surface area contributed by atoms with Crippen molar-refractivity contribution in [1.82, 2.24) is 10.3 Å². The molecule has 1 heterocycles. The fourth-order valence-electron chi connectivity index (χ4n) is 2.05. The Morgan fingerprint density at radius 2 is 2.00 bits per heavy atom. The van der Waals surface area contributed by atoms with Gasteiger partial charge < -0.3 is 10.4 Å². The van der Waals surface area contributed by atoms with Gasteiger partial charge >= 0.3 is 0 Å². The van der Waals surface area contributed by atoms with Gasteiger partial charge in [0.15, 0.2) is 0 Å². The second-order valence-electron chi connectivity index (χ2n) is 4.67. The predicted molar refractivity (Wildman–Crippen MR) is 77.2 cm³/mol. The number of benzene rings is 1. The van der Waals surface area contributed by atoms with E-state index in [0.29, 0.717) is 18.4 Å². The highest BCUT2D eigenvalue weighted by molar-refractivity contribution is 5.94. The highest BCUT2D eigenvalue weighted by atomic mass is 19.1. The van der Waals surface area contributed by atoms with E-state index in [4.69, 9.17) is 5.11 Å². The zero-order chi connectivity index (χ0) is 15.1. The fraction of sp³-hybridized carbons (Fsp3) is 0.250. The Balaban J connectivity index is 2.11. The third kappa shape index (κ3) is 4.36. The number of hydrogen-bond donors (Lipinski definition) is 2. The van der Waals surface area contributed by atoms with Crippen LogP contribution in [-0.4, -0.2) is 22.6 Å². The average molecular weight is 288 g/mol. The van der Waals surface area contributed by atoms with Gasteiger partial charge in [-0.3, -0.25) is 4.79 Å². The number of nitrogens with one attached hydrogen (secondary N) is 1. The van der Waals surface area contributed by atoms with Gasteiger partial charge in [-0.1, -0.05) is 30.3 Å². The van der Waals surface area contributed by atoms with Gasteiger partial charge in [0.05, 0.1) is 11.6 Å². The lowest BCUT2D eigenvalue weighted by molar-refractivity contribution is 0.0932. The number of halogens is 1. The van der Waals surface area contributed by atoms with Crippen LogP contribution in [0, 0.1) is 5.95 Å². The Morgan fingerprint density at radius 3 is 2.62 bits per heavy atom. The predicted octanol–water partition coefficient (Wildman–Crippen LogP) is 2.46. The Labute approximate surface area is 122 Å². The molecular formula is C16H17FN2O2. The summed E-state index contributed by atoms with van der Waals surface area (Å²) in [7, 11) is 0. The van der Waals surface area contributed by atoms with E-state index >= 15 is 0 Å². The molecule has 0 bridgehead atoms. The molecule has 1 aromatic heterocycles. The van der Waals surface area contributed by atoms with Crippen molar-refractivity contribution < 1.29 is 14.3 Å². The molecule has 2 rings (SSSR count). The summed E-state index contributed by atoms with van der Waals surface area (Å²) in [6.07, 6.45) is 2.42. The summed E-state index contributed by atoms with van der Waals surface area (Å²) in [5, 5.41) is 11.9. The highest BCUT2D eigenvalue weighted by Gasteiger charge is 2.15. The smallest absolute Gasteiger partial charge is 0.253 e. The molecule has 0 aliphatic rings. The SMILES string of the molecule is O=C(NC(CCCO)c1ccccc1)c1ccc(F)nc1. The van der Waals surface area contributed by atoms with Crippen molar-refractivity contribution in [2.75, 3.05) is 6.61 Å². The number of aliphatic hydroxyl groups is 1. The van der Waals surface area contributed by atoms with Crippen molar-refractivity contribution in [3.63, 3.8) is 0 Å². The van der Waals surface area contributed by atoms with E-state index in [9.17, 15) is 9.18 Å². The molecule has 0 aliphatic carbocycles. The van der Waals surface area contributed by atoms with Crippen LogP contribution in [-0.2, 0) is 0 Å². The normalized spacial score (nSPS) is 11.9. The van der Waals surface area contributed by atoms with Gasteiger partial charge in [0.1, 0.15) is 0 Å². The maximum Gasteiger partial charge on any atom is 0.253 e. The third-order valence-corrected chi connectivity index (χ3v) is 3.15. The number of carbonyl (C=O) groups excluding carboxylic acids is 1. The molecule has 1 aromatic carbocycles. The van der Waals surface area contributed by atoms with Crippen LogP contribution in [0.5, 0.6) is 0 Å². The van der Waals surface area contributed by atoms with Gasteiger partial charge in [0.2, 0.25) is 5.95 Å². The lowest BCUT2D eigenvalue weighted by Crippen LogP contribution is -2.28. The molecule has 1 amide bonds. The molecule has 1 unspecified atom stereocenters. The van der Waals surface area contributed by atoms with Crippen LogP contribution in [0.4, 0.5) is 4.39 Å². The molecule has 0 aliphatic heterocycles. The maximum atomic E-state index is 12.8. The van der Waals surface area contributed by atoms with Crippen LogP contribution in [0.3, 0.4) is 0 Å². The molecule has 0 fully saturated rings. The summed E-state index contributed by atoms with van der Waals surface area (Å²) in [4.78, 5) is 15.6. The van der Waals surface area contributed by atoms with E-state index in [1.807, 2.05) is 30.3 Å². The lowest BCUT2D eigenvalue weighted by atomic mass is 10.0. The molecule has 4 nitrogen and oxygen atoms in total. The van der Waals surface area contributed by atoms with Crippen molar-refractivity contribution in [1.29, 1.82) is 0 Å². The number of aromatic nitrogens is 1. The lowest BCUT2D eigenvalue weighted by Gasteiger charge is -2.19. The van der Waals surface area contributed by atoms with E-state index in [2.05, 4.69) is 10.3 Å². The zero-order valence-corrected chi connectivity index (χ0v) is 11.5. The first-order chi connectivity index (χ1) is 10.2. The minimum absolute atomic E-state index is 0.0668. The molecule has 0 spiro atoms. The first-order valence-electron chi connectivity index (χ1n) is 6.79. The monoisotopic (exact) mass is 288 g/mol. The molecular weight excluding hydrogens is 271 g/mol. The van der Waals surface area contributed by atoms with Crippen molar-refractivity contribution in [3.05, 3.63) is 65.7 Å². The Bertz CT molecular complexity index is 573. The molecule has 2 N–H and O–H groups in total. The fourth-order valence-corrected chi connectivity index (χ4v) is 2.05. The van der Waals surface area contributed by atoms with Crippen molar-refractivity contribution in [2.45, 2.75) is 18.9 Å². The second kappa shape index (κ2) is 7.50. The molecule has 1 atom stereocenters. The summed E-state index contributed by atoms with van der Waals surface area (Å²) >= 11 is 0. The average Bonchev–Trinajstić information content (AvgIpc) is 2.52. The quantitative estimate of drug-likeness (QED) is 0.803. The summed E-state index contributed by atoms with van der Waals surface area (Å²) in [6.45, 7) is 0.0668. The largest absolute Gasteiger partial charge is 0.396 e. The van der Waals surface area contributed by atoms with Crippen molar-refractivity contribution in [3.8, 4) is 0 Å². The van der Waals surface area contributed by atoms with Crippen molar-refractivity contribution >= 4 is 5.91 Å². The van der Waals surface area contributed by atoms with E-state index in [0.717, 1.165) is 11.6 Å². The van der Waals surface area contributed by atoms with Gasteiger partial charge in [-0.15, -0.1) is 0 Å². The Kier molecular flexibility index (Phi) is 5.40. The molecule has 0 radical (unpaired) electrons. The van der Waals surface area contributed by atoms with Gasteiger partial charge in [0, 0.05) is 12.8 Å². The van der Waals surface area contributed by atoms with Crippen LogP contribution in [0.2, 0.25) is 0 Å². The maximum absolute atomic E-state index is 12.8.